The monoisotopic (exact) mass is 351 g/mol. The zero-order valence-electron chi connectivity index (χ0n) is 8.77. The van der Waals surface area contributed by atoms with Crippen molar-refractivity contribution in [3.8, 4) is 5.75 Å². The molecule has 0 radical (unpaired) electrons. The van der Waals surface area contributed by atoms with Gasteiger partial charge < -0.3 is 4.74 Å². The average Bonchev–Trinajstić information content (AvgIpc) is 2.56. The van der Waals surface area contributed by atoms with Crippen molar-refractivity contribution in [2.75, 3.05) is 13.4 Å². The van der Waals surface area contributed by atoms with Gasteiger partial charge in [-0.1, -0.05) is 12.1 Å². The molecule has 1 heterocycles. The lowest BCUT2D eigenvalue weighted by atomic mass is 10.2. The van der Waals surface area contributed by atoms with Crippen LogP contribution in [0.3, 0.4) is 0 Å². The average molecular weight is 351 g/mol. The Morgan fingerprint density at radius 1 is 1.38 bits per heavy atom. The summed E-state index contributed by atoms with van der Waals surface area (Å²) in [5, 5.41) is 0.880. The summed E-state index contributed by atoms with van der Waals surface area (Å²) in [7, 11) is -1.78. The van der Waals surface area contributed by atoms with Crippen LogP contribution in [0.15, 0.2) is 24.4 Å². The van der Waals surface area contributed by atoms with Crippen LogP contribution in [0.25, 0.3) is 10.9 Å². The molecule has 2 aromatic rings. The van der Waals surface area contributed by atoms with Gasteiger partial charge in [0.1, 0.15) is 11.3 Å². The molecule has 0 amide bonds. The molecule has 0 aliphatic rings. The molecule has 0 aliphatic heterocycles. The molecule has 1 aromatic carbocycles. The Labute approximate surface area is 107 Å². The van der Waals surface area contributed by atoms with Crippen LogP contribution in [0.4, 0.5) is 0 Å². The Balaban J connectivity index is 2.97. The summed E-state index contributed by atoms with van der Waals surface area (Å²) in [5.74, 6) is 0.561. The molecule has 0 fully saturated rings. The summed E-state index contributed by atoms with van der Waals surface area (Å²) in [6, 6.07) is 5.47. The van der Waals surface area contributed by atoms with Crippen LogP contribution in [0.5, 0.6) is 5.75 Å². The fourth-order valence-corrected chi connectivity index (χ4v) is 3.33. The molecule has 2 rings (SSSR count). The Morgan fingerprint density at radius 2 is 2.06 bits per heavy atom. The predicted molar refractivity (Wildman–Crippen MR) is 71.4 cm³/mol. The third-order valence-corrected chi connectivity index (χ3v) is 4.15. The SMILES string of the molecule is COc1cccc2c(I)cn(S(C)(=O)=O)c12. The van der Waals surface area contributed by atoms with Gasteiger partial charge >= 0.3 is 0 Å². The van der Waals surface area contributed by atoms with E-state index in [-0.39, 0.29) is 0 Å². The lowest BCUT2D eigenvalue weighted by Gasteiger charge is -2.06. The van der Waals surface area contributed by atoms with E-state index in [1.807, 2.05) is 12.1 Å². The maximum absolute atomic E-state index is 11.6. The summed E-state index contributed by atoms with van der Waals surface area (Å²) in [5.41, 5.74) is 0.594. The summed E-state index contributed by atoms with van der Waals surface area (Å²) < 4.78 is 30.6. The highest BCUT2D eigenvalue weighted by Gasteiger charge is 2.16. The largest absolute Gasteiger partial charge is 0.495 e. The first kappa shape index (κ1) is 11.7. The van der Waals surface area contributed by atoms with Crippen LogP contribution in [-0.2, 0) is 10.0 Å². The number of hydrogen-bond donors (Lipinski definition) is 0. The van der Waals surface area contributed by atoms with Gasteiger partial charge in [-0.3, -0.25) is 0 Å². The second kappa shape index (κ2) is 3.92. The fraction of sp³-hybridized carbons (Fsp3) is 0.200. The zero-order valence-corrected chi connectivity index (χ0v) is 11.7. The van der Waals surface area contributed by atoms with Crippen molar-refractivity contribution < 1.29 is 13.2 Å². The number of nitrogens with zero attached hydrogens (tertiary/aromatic N) is 1. The van der Waals surface area contributed by atoms with Crippen LogP contribution in [0.1, 0.15) is 0 Å². The van der Waals surface area contributed by atoms with Crippen molar-refractivity contribution in [3.05, 3.63) is 28.0 Å². The third kappa shape index (κ3) is 1.80. The van der Waals surface area contributed by atoms with Gasteiger partial charge in [0, 0.05) is 15.2 Å². The summed E-state index contributed by atoms with van der Waals surface area (Å²) in [6.45, 7) is 0. The Hall–Kier alpha value is -0.760. The van der Waals surface area contributed by atoms with Gasteiger partial charge in [0.2, 0.25) is 10.0 Å². The van der Waals surface area contributed by atoms with Crippen LogP contribution in [0.2, 0.25) is 0 Å². The molecule has 0 saturated carbocycles. The van der Waals surface area contributed by atoms with Gasteiger partial charge in [-0.05, 0) is 28.7 Å². The van der Waals surface area contributed by atoms with E-state index in [0.717, 1.165) is 8.96 Å². The third-order valence-electron chi connectivity index (χ3n) is 2.28. The summed E-state index contributed by atoms with van der Waals surface area (Å²) in [6.07, 6.45) is 2.78. The zero-order chi connectivity index (χ0) is 11.9. The van der Waals surface area contributed by atoms with Gasteiger partial charge in [-0.15, -0.1) is 0 Å². The first-order valence-electron chi connectivity index (χ1n) is 4.49. The maximum atomic E-state index is 11.6. The highest BCUT2D eigenvalue weighted by Crippen LogP contribution is 2.31. The molecule has 0 spiro atoms. The molecule has 16 heavy (non-hydrogen) atoms. The van der Waals surface area contributed by atoms with E-state index in [2.05, 4.69) is 22.6 Å². The number of para-hydroxylation sites is 1. The summed E-state index contributed by atoms with van der Waals surface area (Å²) in [4.78, 5) is 0. The number of benzene rings is 1. The van der Waals surface area contributed by atoms with E-state index in [9.17, 15) is 8.42 Å². The first-order chi connectivity index (χ1) is 7.45. The quantitative estimate of drug-likeness (QED) is 0.779. The molecule has 4 nitrogen and oxygen atoms in total. The molecule has 0 atom stereocenters. The minimum atomic E-state index is -3.31. The van der Waals surface area contributed by atoms with Crippen LogP contribution >= 0.6 is 22.6 Å². The van der Waals surface area contributed by atoms with E-state index in [0.29, 0.717) is 11.3 Å². The van der Waals surface area contributed by atoms with E-state index in [1.165, 1.54) is 17.3 Å². The Kier molecular flexibility index (Phi) is 2.87. The topological polar surface area (TPSA) is 48.3 Å². The van der Waals surface area contributed by atoms with Crippen molar-refractivity contribution in [3.63, 3.8) is 0 Å². The standard InChI is InChI=1S/C10H10INO3S/c1-15-9-5-3-4-7-8(11)6-12(10(7)9)16(2,13)14/h3-6H,1-2H3. The Morgan fingerprint density at radius 3 is 2.62 bits per heavy atom. The molecule has 6 heteroatoms. The van der Waals surface area contributed by atoms with Crippen molar-refractivity contribution in [1.82, 2.24) is 3.97 Å². The van der Waals surface area contributed by atoms with Crippen LogP contribution < -0.4 is 4.74 Å². The smallest absolute Gasteiger partial charge is 0.236 e. The van der Waals surface area contributed by atoms with Crippen LogP contribution in [0, 0.1) is 3.57 Å². The maximum Gasteiger partial charge on any atom is 0.236 e. The van der Waals surface area contributed by atoms with Crippen molar-refractivity contribution in [1.29, 1.82) is 0 Å². The van der Waals surface area contributed by atoms with Gasteiger partial charge in [-0.25, -0.2) is 12.4 Å². The number of halogens is 1. The minimum Gasteiger partial charge on any atom is -0.495 e. The lowest BCUT2D eigenvalue weighted by molar-refractivity contribution is 0.418. The number of methoxy groups -OCH3 is 1. The van der Waals surface area contributed by atoms with Gasteiger partial charge in [0.05, 0.1) is 13.4 Å². The second-order valence-corrected chi connectivity index (χ2v) is 6.41. The van der Waals surface area contributed by atoms with E-state index >= 15 is 0 Å². The molecule has 0 saturated heterocycles. The molecule has 1 aromatic heterocycles. The van der Waals surface area contributed by atoms with Crippen molar-refractivity contribution in [2.45, 2.75) is 0 Å². The van der Waals surface area contributed by atoms with Gasteiger partial charge in [-0.2, -0.15) is 0 Å². The minimum absolute atomic E-state index is 0.561. The highest BCUT2D eigenvalue weighted by atomic mass is 127. The highest BCUT2D eigenvalue weighted by molar-refractivity contribution is 14.1. The molecule has 86 valence electrons. The number of hydrogen-bond acceptors (Lipinski definition) is 3. The van der Waals surface area contributed by atoms with Crippen molar-refractivity contribution >= 4 is 43.5 Å². The second-order valence-electron chi connectivity index (χ2n) is 3.39. The first-order valence-corrected chi connectivity index (χ1v) is 7.42. The van der Waals surface area contributed by atoms with Gasteiger partial charge in [0.25, 0.3) is 0 Å². The van der Waals surface area contributed by atoms with E-state index < -0.39 is 10.0 Å². The lowest BCUT2D eigenvalue weighted by Crippen LogP contribution is -2.08. The number of aromatic nitrogens is 1. The molecular formula is C10H10INO3S. The Bertz CT molecular complexity index is 645. The van der Waals surface area contributed by atoms with Crippen molar-refractivity contribution in [2.24, 2.45) is 0 Å². The normalized spacial score (nSPS) is 11.9. The molecule has 0 aliphatic carbocycles. The predicted octanol–water partition coefficient (Wildman–Crippen LogP) is 2.06. The van der Waals surface area contributed by atoms with Crippen LogP contribution in [-0.4, -0.2) is 25.8 Å². The number of ether oxygens (including phenoxy) is 1. The fourth-order valence-electron chi connectivity index (χ4n) is 1.61. The van der Waals surface area contributed by atoms with E-state index in [4.69, 9.17) is 4.74 Å². The molecule has 0 bridgehead atoms. The summed E-state index contributed by atoms with van der Waals surface area (Å²) >= 11 is 2.11. The van der Waals surface area contributed by atoms with E-state index in [1.54, 1.807) is 12.3 Å². The number of rotatable bonds is 2. The molecule has 0 N–H and O–H groups in total. The van der Waals surface area contributed by atoms with Gasteiger partial charge in [0.15, 0.2) is 0 Å². The number of fused-ring (bicyclic) bond motifs is 1. The molecule has 0 unspecified atom stereocenters. The molecular weight excluding hydrogens is 341 g/mol.